The summed E-state index contributed by atoms with van der Waals surface area (Å²) in [7, 11) is 5.51. The Kier molecular flexibility index (Phi) is 5.03. The first-order chi connectivity index (χ1) is 9.99. The SMILES string of the molecule is COc1cccc(NC(=O)N2CC(O)CC2CN(C)C)c1. The van der Waals surface area contributed by atoms with Crippen LogP contribution in [0.1, 0.15) is 6.42 Å². The zero-order valence-electron chi connectivity index (χ0n) is 12.7. The largest absolute Gasteiger partial charge is 0.497 e. The molecule has 0 radical (unpaired) electrons. The van der Waals surface area contributed by atoms with Gasteiger partial charge in [-0.15, -0.1) is 0 Å². The Balaban J connectivity index is 2.03. The van der Waals surface area contributed by atoms with Crippen molar-refractivity contribution in [1.82, 2.24) is 9.80 Å². The fraction of sp³-hybridized carbons (Fsp3) is 0.533. The second kappa shape index (κ2) is 6.78. The first-order valence-electron chi connectivity index (χ1n) is 7.04. The van der Waals surface area contributed by atoms with E-state index in [-0.39, 0.29) is 12.1 Å². The van der Waals surface area contributed by atoms with Crippen molar-refractivity contribution in [1.29, 1.82) is 0 Å². The predicted octanol–water partition coefficient (Wildman–Crippen LogP) is 1.22. The lowest BCUT2D eigenvalue weighted by molar-refractivity contribution is 0.174. The van der Waals surface area contributed by atoms with Gasteiger partial charge >= 0.3 is 6.03 Å². The molecule has 21 heavy (non-hydrogen) atoms. The number of aliphatic hydroxyl groups excluding tert-OH is 1. The lowest BCUT2D eigenvalue weighted by atomic mass is 10.2. The number of rotatable bonds is 4. The summed E-state index contributed by atoms with van der Waals surface area (Å²) in [5.41, 5.74) is 0.685. The minimum absolute atomic E-state index is 0.0283. The molecule has 1 aliphatic rings. The molecule has 2 N–H and O–H groups in total. The van der Waals surface area contributed by atoms with Crippen LogP contribution in [0.4, 0.5) is 10.5 Å². The molecule has 0 bridgehead atoms. The highest BCUT2D eigenvalue weighted by Crippen LogP contribution is 2.21. The van der Waals surface area contributed by atoms with E-state index in [4.69, 9.17) is 4.74 Å². The van der Waals surface area contributed by atoms with Gasteiger partial charge in [-0.1, -0.05) is 6.07 Å². The summed E-state index contributed by atoms with van der Waals surface area (Å²) in [5.74, 6) is 0.694. The van der Waals surface area contributed by atoms with Gasteiger partial charge in [-0.3, -0.25) is 0 Å². The van der Waals surface area contributed by atoms with Gasteiger partial charge in [-0.05, 0) is 32.6 Å². The molecule has 0 aromatic heterocycles. The highest BCUT2D eigenvalue weighted by Gasteiger charge is 2.34. The van der Waals surface area contributed by atoms with Gasteiger partial charge in [0.1, 0.15) is 5.75 Å². The summed E-state index contributed by atoms with van der Waals surface area (Å²) in [6.07, 6.45) is 0.162. The molecule has 2 atom stereocenters. The molecule has 2 rings (SSSR count). The molecule has 1 saturated heterocycles. The van der Waals surface area contributed by atoms with Crippen molar-refractivity contribution < 1.29 is 14.6 Å². The van der Waals surface area contributed by atoms with Crippen molar-refractivity contribution in [2.24, 2.45) is 0 Å². The number of carbonyl (C=O) groups is 1. The fourth-order valence-corrected chi connectivity index (χ4v) is 2.63. The van der Waals surface area contributed by atoms with Crippen LogP contribution < -0.4 is 10.1 Å². The monoisotopic (exact) mass is 293 g/mol. The number of aliphatic hydroxyl groups is 1. The third-order valence-corrected chi connectivity index (χ3v) is 3.55. The van der Waals surface area contributed by atoms with E-state index in [0.29, 0.717) is 24.4 Å². The molecule has 0 aliphatic carbocycles. The van der Waals surface area contributed by atoms with Gasteiger partial charge in [0.25, 0.3) is 0 Å². The number of benzene rings is 1. The molecule has 116 valence electrons. The van der Waals surface area contributed by atoms with Crippen LogP contribution in [0.15, 0.2) is 24.3 Å². The van der Waals surface area contributed by atoms with Crippen molar-refractivity contribution in [2.75, 3.05) is 39.6 Å². The molecule has 6 nitrogen and oxygen atoms in total. The molecule has 2 unspecified atom stereocenters. The maximum Gasteiger partial charge on any atom is 0.322 e. The number of hydrogen-bond donors (Lipinski definition) is 2. The summed E-state index contributed by atoms with van der Waals surface area (Å²) in [4.78, 5) is 16.1. The zero-order valence-corrected chi connectivity index (χ0v) is 12.7. The molecule has 1 fully saturated rings. The van der Waals surface area contributed by atoms with Crippen LogP contribution in [0.25, 0.3) is 0 Å². The first-order valence-corrected chi connectivity index (χ1v) is 7.04. The zero-order chi connectivity index (χ0) is 15.4. The van der Waals surface area contributed by atoms with Crippen molar-refractivity contribution in [3.05, 3.63) is 24.3 Å². The number of carbonyl (C=O) groups excluding carboxylic acids is 1. The summed E-state index contributed by atoms with van der Waals surface area (Å²) in [6, 6.07) is 7.07. The van der Waals surface area contributed by atoms with E-state index in [1.807, 2.05) is 37.2 Å². The van der Waals surface area contributed by atoms with E-state index in [2.05, 4.69) is 5.32 Å². The van der Waals surface area contributed by atoms with E-state index in [9.17, 15) is 9.90 Å². The molecule has 1 aliphatic heterocycles. The van der Waals surface area contributed by atoms with Crippen LogP contribution in [0.2, 0.25) is 0 Å². The van der Waals surface area contributed by atoms with Gasteiger partial charge in [-0.2, -0.15) is 0 Å². The number of anilines is 1. The number of amides is 2. The molecule has 0 spiro atoms. The number of nitrogens with one attached hydrogen (secondary N) is 1. The van der Waals surface area contributed by atoms with Crippen molar-refractivity contribution in [3.8, 4) is 5.75 Å². The quantitative estimate of drug-likeness (QED) is 0.876. The summed E-state index contributed by atoms with van der Waals surface area (Å²) >= 11 is 0. The highest BCUT2D eigenvalue weighted by molar-refractivity contribution is 5.90. The molecule has 1 heterocycles. The predicted molar refractivity (Wildman–Crippen MR) is 81.7 cm³/mol. The third-order valence-electron chi connectivity index (χ3n) is 3.55. The summed E-state index contributed by atoms with van der Waals surface area (Å²) in [6.45, 7) is 1.11. The third kappa shape index (κ3) is 4.09. The van der Waals surface area contributed by atoms with Crippen LogP contribution in [-0.4, -0.2) is 67.4 Å². The Morgan fingerprint density at radius 2 is 2.29 bits per heavy atom. The number of urea groups is 1. The second-order valence-corrected chi connectivity index (χ2v) is 5.62. The Labute approximate surface area is 125 Å². The lowest BCUT2D eigenvalue weighted by Gasteiger charge is -2.27. The van der Waals surface area contributed by atoms with Crippen LogP contribution >= 0.6 is 0 Å². The fourth-order valence-electron chi connectivity index (χ4n) is 2.63. The van der Waals surface area contributed by atoms with E-state index in [1.165, 1.54) is 0 Å². The highest BCUT2D eigenvalue weighted by atomic mass is 16.5. The van der Waals surface area contributed by atoms with Gasteiger partial charge < -0.3 is 25.0 Å². The standard InChI is InChI=1S/C15H23N3O3/c1-17(2)9-12-8-13(19)10-18(12)15(20)16-11-5-4-6-14(7-11)21-3/h4-7,12-13,19H,8-10H2,1-3H3,(H,16,20). The maximum atomic E-state index is 12.4. The normalized spacial score (nSPS) is 21.7. The minimum Gasteiger partial charge on any atom is -0.497 e. The number of methoxy groups -OCH3 is 1. The molecule has 0 saturated carbocycles. The molecular formula is C15H23N3O3. The lowest BCUT2D eigenvalue weighted by Crippen LogP contribution is -2.43. The first kappa shape index (κ1) is 15.6. The van der Waals surface area contributed by atoms with Crippen LogP contribution in [-0.2, 0) is 0 Å². The van der Waals surface area contributed by atoms with Gasteiger partial charge in [0.2, 0.25) is 0 Å². The van der Waals surface area contributed by atoms with E-state index in [1.54, 1.807) is 18.1 Å². The number of ether oxygens (including phenoxy) is 1. The van der Waals surface area contributed by atoms with Crippen molar-refractivity contribution in [2.45, 2.75) is 18.6 Å². The number of hydrogen-bond acceptors (Lipinski definition) is 4. The molecule has 1 aromatic carbocycles. The Hall–Kier alpha value is -1.79. The average molecular weight is 293 g/mol. The van der Waals surface area contributed by atoms with Crippen molar-refractivity contribution in [3.63, 3.8) is 0 Å². The van der Waals surface area contributed by atoms with Gasteiger partial charge in [0, 0.05) is 30.9 Å². The molecule has 1 aromatic rings. The number of nitrogens with zero attached hydrogens (tertiary/aromatic N) is 2. The molecule has 2 amide bonds. The number of likely N-dealkylation sites (tertiary alicyclic amines) is 1. The van der Waals surface area contributed by atoms with Gasteiger partial charge in [-0.25, -0.2) is 4.79 Å². The second-order valence-electron chi connectivity index (χ2n) is 5.62. The topological polar surface area (TPSA) is 65.0 Å². The van der Waals surface area contributed by atoms with E-state index in [0.717, 1.165) is 6.54 Å². The summed E-state index contributed by atoms with van der Waals surface area (Å²) in [5, 5.41) is 12.7. The Bertz CT molecular complexity index is 493. The molecular weight excluding hydrogens is 270 g/mol. The summed E-state index contributed by atoms with van der Waals surface area (Å²) < 4.78 is 5.14. The van der Waals surface area contributed by atoms with Crippen molar-refractivity contribution >= 4 is 11.7 Å². The Morgan fingerprint density at radius 3 is 2.95 bits per heavy atom. The van der Waals surface area contributed by atoms with E-state index < -0.39 is 6.10 Å². The maximum absolute atomic E-state index is 12.4. The smallest absolute Gasteiger partial charge is 0.322 e. The van der Waals surface area contributed by atoms with Gasteiger partial charge in [0.05, 0.1) is 13.2 Å². The number of likely N-dealkylation sites (N-methyl/N-ethyl adjacent to an activating group) is 1. The van der Waals surface area contributed by atoms with Crippen LogP contribution in [0.3, 0.4) is 0 Å². The van der Waals surface area contributed by atoms with E-state index >= 15 is 0 Å². The molecule has 6 heteroatoms. The number of β-amino-alcohol motifs (C(OH)–C–C–N with tert-alkyl or cyclic N) is 1. The minimum atomic E-state index is -0.453. The van der Waals surface area contributed by atoms with Crippen LogP contribution in [0, 0.1) is 0 Å². The van der Waals surface area contributed by atoms with Crippen LogP contribution in [0.5, 0.6) is 5.75 Å². The average Bonchev–Trinajstić information content (AvgIpc) is 2.79. The van der Waals surface area contributed by atoms with Gasteiger partial charge in [0.15, 0.2) is 0 Å². The Morgan fingerprint density at radius 1 is 1.52 bits per heavy atom.